The van der Waals surface area contributed by atoms with Crippen LogP contribution >= 0.6 is 11.8 Å². The molecule has 10 rings (SSSR count). The molecular weight excluding hydrogens is 545 g/mol. The summed E-state index contributed by atoms with van der Waals surface area (Å²) in [5, 5.41) is 7.14. The van der Waals surface area contributed by atoms with Gasteiger partial charge in [-0.05, 0) is 93.4 Å². The molecule has 0 fully saturated rings. The summed E-state index contributed by atoms with van der Waals surface area (Å²) >= 11 is 1.86. The van der Waals surface area contributed by atoms with Gasteiger partial charge in [0.2, 0.25) is 0 Å². The Kier molecular flexibility index (Phi) is 4.68. The minimum atomic E-state index is 0.895. The molecule has 0 atom stereocenters. The maximum absolute atomic E-state index is 6.54. The van der Waals surface area contributed by atoms with Crippen LogP contribution in [0.15, 0.2) is 152 Å². The van der Waals surface area contributed by atoms with E-state index in [1.807, 2.05) is 23.9 Å². The van der Waals surface area contributed by atoms with Crippen LogP contribution in [-0.4, -0.2) is 0 Å². The van der Waals surface area contributed by atoms with E-state index >= 15 is 0 Å². The van der Waals surface area contributed by atoms with Crippen LogP contribution in [0.4, 0.5) is 0 Å². The van der Waals surface area contributed by atoms with Crippen LogP contribution in [0, 0.1) is 0 Å². The van der Waals surface area contributed by atoms with E-state index in [0.717, 1.165) is 60.6 Å². The van der Waals surface area contributed by atoms with Crippen molar-refractivity contribution in [3.8, 4) is 33.4 Å². The lowest BCUT2D eigenvalue weighted by Crippen LogP contribution is -1.93. The fourth-order valence-electron chi connectivity index (χ4n) is 6.86. The van der Waals surface area contributed by atoms with Gasteiger partial charge in [0.1, 0.15) is 22.3 Å². The van der Waals surface area contributed by atoms with Gasteiger partial charge in [-0.2, -0.15) is 0 Å². The molecule has 1 aliphatic heterocycles. The van der Waals surface area contributed by atoms with Crippen molar-refractivity contribution in [2.24, 2.45) is 0 Å². The molecule has 3 heterocycles. The lowest BCUT2D eigenvalue weighted by molar-refractivity contribution is 0.669. The van der Waals surface area contributed by atoms with Crippen molar-refractivity contribution in [3.63, 3.8) is 0 Å². The van der Waals surface area contributed by atoms with E-state index in [4.69, 9.17) is 8.83 Å². The van der Waals surface area contributed by atoms with Crippen LogP contribution in [0.25, 0.3) is 88.0 Å². The maximum atomic E-state index is 6.54. The molecule has 0 amide bonds. The first-order chi connectivity index (χ1) is 21.3. The molecule has 7 aromatic carbocycles. The van der Waals surface area contributed by atoms with E-state index < -0.39 is 0 Å². The quantitative estimate of drug-likeness (QED) is 0.208. The van der Waals surface area contributed by atoms with E-state index in [9.17, 15) is 0 Å². The average molecular weight is 567 g/mol. The molecule has 0 saturated heterocycles. The molecule has 2 aromatic heterocycles. The number of rotatable bonds is 2. The predicted octanol–water partition coefficient (Wildman–Crippen LogP) is 12.1. The van der Waals surface area contributed by atoms with Crippen LogP contribution in [-0.2, 0) is 0 Å². The third-order valence-corrected chi connectivity index (χ3v) is 10.0. The summed E-state index contributed by atoms with van der Waals surface area (Å²) in [5.74, 6) is 0. The Balaban J connectivity index is 1.10. The molecule has 2 nitrogen and oxygen atoms in total. The summed E-state index contributed by atoms with van der Waals surface area (Å²) in [6, 6.07) is 47.7. The van der Waals surface area contributed by atoms with Gasteiger partial charge in [0.05, 0.1) is 0 Å². The molecule has 0 aliphatic carbocycles. The van der Waals surface area contributed by atoms with Crippen LogP contribution in [0.5, 0.6) is 0 Å². The SMILES string of the molecule is c1ccc2c(c1)Sc1ccc(-c3ccc4c(c3)oc3cc(-c5ccc6oc7ccccc7c6c5)ccc34)c3cccc-2c13. The van der Waals surface area contributed by atoms with Gasteiger partial charge in [0, 0.05) is 36.7 Å². The second-order valence-corrected chi connectivity index (χ2v) is 12.4. The van der Waals surface area contributed by atoms with Crippen LogP contribution in [0.1, 0.15) is 0 Å². The highest BCUT2D eigenvalue weighted by molar-refractivity contribution is 7.99. The van der Waals surface area contributed by atoms with Crippen molar-refractivity contribution < 1.29 is 8.83 Å². The summed E-state index contributed by atoms with van der Waals surface area (Å²) in [7, 11) is 0. The minimum Gasteiger partial charge on any atom is -0.456 e. The van der Waals surface area contributed by atoms with Gasteiger partial charge in [-0.15, -0.1) is 0 Å². The standard InChI is InChI=1S/C40H22O2S/c1-3-10-34-27(6-1)33-20-23(14-18-35(33)41-34)24-12-15-28-29-16-13-25(22-37(29)42-36(28)21-24)26-17-19-39-40-31(26)8-5-9-32(40)30-7-2-4-11-38(30)43-39/h1-22H. The van der Waals surface area contributed by atoms with Crippen molar-refractivity contribution in [3.05, 3.63) is 133 Å². The third-order valence-electron chi connectivity index (χ3n) is 8.89. The summed E-state index contributed by atoms with van der Waals surface area (Å²) in [6.07, 6.45) is 0. The van der Waals surface area contributed by atoms with Gasteiger partial charge in [-0.1, -0.05) is 90.6 Å². The minimum absolute atomic E-state index is 0.895. The van der Waals surface area contributed by atoms with E-state index in [2.05, 4.69) is 121 Å². The van der Waals surface area contributed by atoms with Gasteiger partial charge >= 0.3 is 0 Å². The smallest absolute Gasteiger partial charge is 0.136 e. The Morgan fingerprint density at radius 2 is 1.00 bits per heavy atom. The summed E-state index contributed by atoms with van der Waals surface area (Å²) in [6.45, 7) is 0. The first-order valence-corrected chi connectivity index (χ1v) is 15.3. The number of para-hydroxylation sites is 1. The number of hydrogen-bond acceptors (Lipinski definition) is 3. The summed E-state index contributed by atoms with van der Waals surface area (Å²) in [5.41, 5.74) is 10.9. The van der Waals surface area contributed by atoms with Crippen LogP contribution in [0.2, 0.25) is 0 Å². The first kappa shape index (κ1) is 23.3. The van der Waals surface area contributed by atoms with E-state index in [1.165, 1.54) is 37.3 Å². The zero-order valence-electron chi connectivity index (χ0n) is 22.9. The Hall–Kier alpha value is -5.25. The first-order valence-electron chi connectivity index (χ1n) is 14.5. The van der Waals surface area contributed by atoms with Crippen molar-refractivity contribution in [1.29, 1.82) is 0 Å². The van der Waals surface area contributed by atoms with Gasteiger partial charge in [0.25, 0.3) is 0 Å². The number of hydrogen-bond donors (Lipinski definition) is 0. The number of furan rings is 2. The Morgan fingerprint density at radius 3 is 1.93 bits per heavy atom. The summed E-state index contributed by atoms with van der Waals surface area (Å²) in [4.78, 5) is 2.63. The molecule has 0 N–H and O–H groups in total. The second-order valence-electron chi connectivity index (χ2n) is 11.3. The molecular formula is C40H22O2S. The monoisotopic (exact) mass is 566 g/mol. The second kappa shape index (κ2) is 8.64. The van der Waals surface area contributed by atoms with Gasteiger partial charge < -0.3 is 8.83 Å². The Labute approximate surface area is 251 Å². The van der Waals surface area contributed by atoms with Crippen molar-refractivity contribution >= 4 is 66.4 Å². The highest BCUT2D eigenvalue weighted by Crippen LogP contribution is 2.49. The van der Waals surface area contributed by atoms with Crippen LogP contribution in [0.3, 0.4) is 0 Å². The molecule has 9 aromatic rings. The third kappa shape index (κ3) is 3.37. The number of benzene rings is 7. The molecule has 3 heteroatoms. The summed E-state index contributed by atoms with van der Waals surface area (Å²) < 4.78 is 12.6. The highest BCUT2D eigenvalue weighted by Gasteiger charge is 2.21. The van der Waals surface area contributed by atoms with Gasteiger partial charge in [0.15, 0.2) is 0 Å². The van der Waals surface area contributed by atoms with E-state index in [0.29, 0.717) is 0 Å². The lowest BCUT2D eigenvalue weighted by atomic mass is 9.92. The average Bonchev–Trinajstić information content (AvgIpc) is 3.62. The van der Waals surface area contributed by atoms with Crippen LogP contribution < -0.4 is 0 Å². The molecule has 43 heavy (non-hydrogen) atoms. The van der Waals surface area contributed by atoms with Crippen molar-refractivity contribution in [2.45, 2.75) is 9.79 Å². The van der Waals surface area contributed by atoms with E-state index in [1.54, 1.807) is 0 Å². The van der Waals surface area contributed by atoms with E-state index in [-0.39, 0.29) is 0 Å². The Bertz CT molecular complexity index is 2600. The molecule has 0 radical (unpaired) electrons. The fourth-order valence-corrected chi connectivity index (χ4v) is 7.99. The van der Waals surface area contributed by atoms with Gasteiger partial charge in [-0.25, -0.2) is 0 Å². The molecule has 0 saturated carbocycles. The normalized spacial score (nSPS) is 12.6. The molecule has 1 aliphatic rings. The van der Waals surface area contributed by atoms with Gasteiger partial charge in [-0.3, -0.25) is 0 Å². The maximum Gasteiger partial charge on any atom is 0.136 e. The lowest BCUT2D eigenvalue weighted by Gasteiger charge is -2.21. The Morgan fingerprint density at radius 1 is 0.349 bits per heavy atom. The molecule has 0 unspecified atom stereocenters. The fraction of sp³-hybridized carbons (Fsp3) is 0. The zero-order valence-corrected chi connectivity index (χ0v) is 23.7. The predicted molar refractivity (Wildman–Crippen MR) is 179 cm³/mol. The topological polar surface area (TPSA) is 26.3 Å². The molecule has 0 spiro atoms. The highest BCUT2D eigenvalue weighted by atomic mass is 32.2. The molecule has 200 valence electrons. The number of fused-ring (bicyclic) bond motifs is 8. The van der Waals surface area contributed by atoms with Crippen molar-refractivity contribution in [1.82, 2.24) is 0 Å². The van der Waals surface area contributed by atoms with Crippen molar-refractivity contribution in [2.75, 3.05) is 0 Å². The zero-order chi connectivity index (χ0) is 28.1. The largest absolute Gasteiger partial charge is 0.456 e. The molecule has 0 bridgehead atoms.